The summed E-state index contributed by atoms with van der Waals surface area (Å²) in [6.45, 7) is 3.28. The van der Waals surface area contributed by atoms with Gasteiger partial charge in [0.25, 0.3) is 0 Å². The van der Waals surface area contributed by atoms with Crippen LogP contribution in [0.1, 0.15) is 24.7 Å². The third-order valence-corrected chi connectivity index (χ3v) is 5.33. The number of nitrogens with one attached hydrogen (secondary N) is 1. The number of para-hydroxylation sites is 1. The maximum atomic E-state index is 12.2. The third-order valence-electron chi connectivity index (χ3n) is 4.13. The van der Waals surface area contributed by atoms with Gasteiger partial charge in [-0.05, 0) is 18.6 Å². The lowest BCUT2D eigenvalue weighted by Gasteiger charge is -2.18. The van der Waals surface area contributed by atoms with Crippen LogP contribution in [0, 0.1) is 5.92 Å². The number of amides is 1. The zero-order chi connectivity index (χ0) is 17.3. The van der Waals surface area contributed by atoms with Crippen molar-refractivity contribution in [2.75, 3.05) is 5.32 Å². The quantitative estimate of drug-likeness (QED) is 0.882. The number of hydrogen-bond acceptors (Lipinski definition) is 5. The fourth-order valence-corrected chi connectivity index (χ4v) is 3.66. The fraction of sp³-hybridized carbons (Fsp3) is 0.278. The molecule has 3 unspecified atom stereocenters. The number of aliphatic hydroxyl groups is 1. The summed E-state index contributed by atoms with van der Waals surface area (Å²) in [6, 6.07) is 7.49. The van der Waals surface area contributed by atoms with Gasteiger partial charge in [-0.2, -0.15) is 0 Å². The van der Waals surface area contributed by atoms with E-state index in [-0.39, 0.29) is 16.9 Å². The molecule has 6 heteroatoms. The Morgan fingerprint density at radius 2 is 2.08 bits per heavy atom. The number of aliphatic imine (C=N–C) groups is 1. The van der Waals surface area contributed by atoms with E-state index in [9.17, 15) is 14.7 Å². The number of rotatable bonds is 4. The smallest absolute Gasteiger partial charge is 0.229 e. The maximum absolute atomic E-state index is 12.2. The summed E-state index contributed by atoms with van der Waals surface area (Å²) in [5.74, 6) is -0.787. The first-order valence-electron chi connectivity index (χ1n) is 7.72. The van der Waals surface area contributed by atoms with Crippen LogP contribution >= 0.6 is 11.8 Å². The Labute approximate surface area is 144 Å². The van der Waals surface area contributed by atoms with E-state index in [2.05, 4.69) is 10.3 Å². The number of nitrogens with zero attached hydrogens (tertiary/aromatic N) is 1. The van der Waals surface area contributed by atoms with Gasteiger partial charge in [-0.3, -0.25) is 9.59 Å². The van der Waals surface area contributed by atoms with Crippen LogP contribution in [0.25, 0.3) is 0 Å². The van der Waals surface area contributed by atoms with Crippen LogP contribution < -0.4 is 5.32 Å². The second kappa shape index (κ2) is 6.75. The summed E-state index contributed by atoms with van der Waals surface area (Å²) >= 11 is 1.49. The molecule has 1 aromatic carbocycles. The molecule has 0 radical (unpaired) electrons. The average Bonchev–Trinajstić information content (AvgIpc) is 3.00. The summed E-state index contributed by atoms with van der Waals surface area (Å²) in [4.78, 5) is 28.4. The first-order chi connectivity index (χ1) is 11.5. The van der Waals surface area contributed by atoms with Crippen LogP contribution in [0.5, 0.6) is 0 Å². The summed E-state index contributed by atoms with van der Waals surface area (Å²) in [5.41, 5.74) is 2.21. The number of carbonyl (C=O) groups excluding carboxylic acids is 2. The minimum absolute atomic E-state index is 0.0424. The second-order valence-electron chi connectivity index (χ2n) is 5.84. The fourth-order valence-electron chi connectivity index (χ4n) is 2.47. The number of benzene rings is 1. The summed E-state index contributed by atoms with van der Waals surface area (Å²) < 4.78 is 0. The zero-order valence-corrected chi connectivity index (χ0v) is 14.2. The number of thioether (sulfide) groups is 1. The first kappa shape index (κ1) is 16.7. The average molecular weight is 342 g/mol. The minimum Gasteiger partial charge on any atom is -0.393 e. The molecule has 124 valence electrons. The minimum atomic E-state index is -0.721. The summed E-state index contributed by atoms with van der Waals surface area (Å²) in [6.07, 6.45) is 4.14. The molecule has 0 saturated heterocycles. The lowest BCUT2D eigenvalue weighted by atomic mass is 10.0. The molecule has 3 rings (SSSR count). The predicted octanol–water partition coefficient (Wildman–Crippen LogP) is 2.85. The molecule has 2 N–H and O–H groups in total. The van der Waals surface area contributed by atoms with Crippen molar-refractivity contribution in [1.82, 2.24) is 0 Å². The van der Waals surface area contributed by atoms with Crippen LogP contribution in [0.4, 0.5) is 5.69 Å². The van der Waals surface area contributed by atoms with Crippen molar-refractivity contribution in [3.8, 4) is 0 Å². The Kier molecular flexibility index (Phi) is 4.69. The molecule has 24 heavy (non-hydrogen) atoms. The molecule has 5 nitrogen and oxygen atoms in total. The normalized spacial score (nSPS) is 21.6. The number of aliphatic hydroxyl groups excluding tert-OH is 1. The van der Waals surface area contributed by atoms with Gasteiger partial charge in [0, 0.05) is 18.0 Å². The molecule has 0 saturated carbocycles. The summed E-state index contributed by atoms with van der Waals surface area (Å²) in [5, 5.41) is 13.1. The topological polar surface area (TPSA) is 78.8 Å². The van der Waals surface area contributed by atoms with Gasteiger partial charge >= 0.3 is 0 Å². The standard InChI is InChI=1S/C18H18N2O3S/c1-10(11(2)21)17(23)20-14-6-4-3-5-12(14)16-9-13-15(22)7-8-19-18(13)24-16/h3-11,16,21H,1-2H3,(H,20,23). The van der Waals surface area contributed by atoms with Gasteiger partial charge in [-0.1, -0.05) is 43.0 Å². The van der Waals surface area contributed by atoms with E-state index < -0.39 is 12.0 Å². The number of hydrogen-bond donors (Lipinski definition) is 2. The highest BCUT2D eigenvalue weighted by Gasteiger charge is 2.30. The molecule has 2 aliphatic heterocycles. The maximum Gasteiger partial charge on any atom is 0.229 e. The van der Waals surface area contributed by atoms with Gasteiger partial charge in [-0.25, -0.2) is 4.99 Å². The lowest BCUT2D eigenvalue weighted by Crippen LogP contribution is -2.29. The van der Waals surface area contributed by atoms with Gasteiger partial charge in [0.05, 0.1) is 22.8 Å². The Balaban J connectivity index is 1.86. The predicted molar refractivity (Wildman–Crippen MR) is 95.9 cm³/mol. The van der Waals surface area contributed by atoms with Crippen LogP contribution in [-0.2, 0) is 9.59 Å². The molecule has 0 spiro atoms. The van der Waals surface area contributed by atoms with Crippen LogP contribution in [0.2, 0.25) is 0 Å². The van der Waals surface area contributed by atoms with E-state index in [1.807, 2.05) is 30.3 Å². The zero-order valence-electron chi connectivity index (χ0n) is 13.4. The Hall–Kier alpha value is -2.18. The lowest BCUT2D eigenvalue weighted by molar-refractivity contribution is -0.122. The van der Waals surface area contributed by atoms with E-state index in [4.69, 9.17) is 0 Å². The molecule has 0 aliphatic carbocycles. The van der Waals surface area contributed by atoms with Gasteiger partial charge in [0.2, 0.25) is 5.91 Å². The second-order valence-corrected chi connectivity index (χ2v) is 6.97. The number of allylic oxidation sites excluding steroid dienone is 1. The van der Waals surface area contributed by atoms with Gasteiger partial charge in [-0.15, -0.1) is 0 Å². The van der Waals surface area contributed by atoms with E-state index in [0.29, 0.717) is 16.3 Å². The SMILES string of the molecule is CC(O)C(C)C(=O)Nc1ccccc1C1C=C2C(=O)C=CN=C2S1. The van der Waals surface area contributed by atoms with Crippen molar-refractivity contribution >= 4 is 34.2 Å². The molecule has 3 atom stereocenters. The molecule has 0 fully saturated rings. The number of anilines is 1. The first-order valence-corrected chi connectivity index (χ1v) is 8.60. The number of carbonyl (C=O) groups is 2. The van der Waals surface area contributed by atoms with E-state index in [0.717, 1.165) is 5.56 Å². The van der Waals surface area contributed by atoms with Crippen molar-refractivity contribution < 1.29 is 14.7 Å². The molecular weight excluding hydrogens is 324 g/mol. The monoisotopic (exact) mass is 342 g/mol. The van der Waals surface area contributed by atoms with Crippen molar-refractivity contribution in [3.05, 3.63) is 53.8 Å². The highest BCUT2D eigenvalue weighted by molar-refractivity contribution is 8.15. The molecule has 0 bridgehead atoms. The molecule has 2 heterocycles. The largest absolute Gasteiger partial charge is 0.393 e. The van der Waals surface area contributed by atoms with Crippen LogP contribution in [-0.4, -0.2) is 27.9 Å². The third kappa shape index (κ3) is 3.20. The van der Waals surface area contributed by atoms with Crippen molar-refractivity contribution in [3.63, 3.8) is 0 Å². The van der Waals surface area contributed by atoms with Gasteiger partial charge < -0.3 is 10.4 Å². The highest BCUT2D eigenvalue weighted by Crippen LogP contribution is 2.44. The van der Waals surface area contributed by atoms with E-state index in [1.165, 1.54) is 24.0 Å². The molecule has 0 aromatic heterocycles. The van der Waals surface area contributed by atoms with E-state index >= 15 is 0 Å². The van der Waals surface area contributed by atoms with Gasteiger partial charge in [0.1, 0.15) is 5.04 Å². The van der Waals surface area contributed by atoms with Gasteiger partial charge in [0.15, 0.2) is 5.78 Å². The number of ketones is 1. The van der Waals surface area contributed by atoms with Crippen LogP contribution in [0.15, 0.2) is 53.2 Å². The van der Waals surface area contributed by atoms with E-state index in [1.54, 1.807) is 13.8 Å². The van der Waals surface area contributed by atoms with Crippen LogP contribution in [0.3, 0.4) is 0 Å². The highest BCUT2D eigenvalue weighted by atomic mass is 32.2. The van der Waals surface area contributed by atoms with Crippen molar-refractivity contribution in [1.29, 1.82) is 0 Å². The Morgan fingerprint density at radius 1 is 1.33 bits per heavy atom. The van der Waals surface area contributed by atoms with Crippen molar-refractivity contribution in [2.24, 2.45) is 10.9 Å². The molecule has 1 amide bonds. The van der Waals surface area contributed by atoms with Crippen molar-refractivity contribution in [2.45, 2.75) is 25.2 Å². The number of fused-ring (bicyclic) bond motifs is 1. The Morgan fingerprint density at radius 3 is 2.79 bits per heavy atom. The summed E-state index contributed by atoms with van der Waals surface area (Å²) in [7, 11) is 0. The molecule has 1 aromatic rings. The molecule has 2 aliphatic rings. The Bertz CT molecular complexity index is 780. The molecular formula is C18H18N2O3S.